The number of hydrogen-bond acceptors (Lipinski definition) is 3. The van der Waals surface area contributed by atoms with Crippen LogP contribution in [0.1, 0.15) is 28.7 Å². The van der Waals surface area contributed by atoms with Crippen LogP contribution in [-0.4, -0.2) is 11.3 Å². The van der Waals surface area contributed by atoms with Crippen molar-refractivity contribution in [3.8, 4) is 11.5 Å². The highest BCUT2D eigenvalue weighted by Gasteiger charge is 2.12. The molecule has 4 aromatic carbocycles. The molecule has 0 bridgehead atoms. The number of benzene rings is 4. The van der Waals surface area contributed by atoms with Gasteiger partial charge < -0.3 is 4.42 Å². The summed E-state index contributed by atoms with van der Waals surface area (Å²) in [6.07, 6.45) is 1.76. The van der Waals surface area contributed by atoms with Gasteiger partial charge in [-0.15, -0.1) is 0 Å². The number of alkyl halides is 1. The summed E-state index contributed by atoms with van der Waals surface area (Å²) in [7, 11) is 0. The molecule has 0 fully saturated rings. The average molecular weight is 519 g/mol. The van der Waals surface area contributed by atoms with Gasteiger partial charge in [0, 0.05) is 22.0 Å². The number of carbonyl (C=O) groups excluding carboxylic acids is 1. The van der Waals surface area contributed by atoms with Gasteiger partial charge in [0.15, 0.2) is 0 Å². The highest BCUT2D eigenvalue weighted by atomic mass is 127. The largest absolute Gasteiger partial charge is 0.441 e. The van der Waals surface area contributed by atoms with Crippen molar-refractivity contribution in [2.45, 2.75) is 17.8 Å². The number of rotatable bonds is 4. The summed E-state index contributed by atoms with van der Waals surface area (Å²) in [5.41, 5.74) is 2.84. The van der Waals surface area contributed by atoms with E-state index in [9.17, 15) is 4.79 Å². The summed E-state index contributed by atoms with van der Waals surface area (Å²) in [6, 6.07) is 28.3. The molecule has 0 saturated heterocycles. The minimum Gasteiger partial charge on any atom is -0.441 e. The maximum Gasteiger partial charge on any atom is 0.226 e. The van der Waals surface area contributed by atoms with Gasteiger partial charge in [0.05, 0.1) is 5.69 Å². The normalized spacial score (nSPS) is 10.6. The first-order valence-electron chi connectivity index (χ1n) is 10.2. The lowest BCUT2D eigenvalue weighted by atomic mass is 10.1. The monoisotopic (exact) mass is 519 g/mol. The molecule has 0 saturated carbocycles. The third-order valence-electron chi connectivity index (χ3n) is 5.13. The van der Waals surface area contributed by atoms with Crippen molar-refractivity contribution in [3.63, 3.8) is 0 Å². The molecule has 1 heterocycles. The Morgan fingerprint density at radius 3 is 2.03 bits per heavy atom. The Morgan fingerprint density at radius 1 is 0.839 bits per heavy atom. The SMILES string of the molecule is CCc1oc(-c2ccc3ccccc3c2)nc1CI.O=Cc1ccc2ccccc2c1. The molecule has 0 N–H and O–H groups in total. The number of aldehydes is 1. The number of aromatic nitrogens is 1. The molecule has 0 aliphatic rings. The van der Waals surface area contributed by atoms with Crippen LogP contribution >= 0.6 is 22.6 Å². The van der Waals surface area contributed by atoms with Gasteiger partial charge in [-0.2, -0.15) is 0 Å². The first-order valence-corrected chi connectivity index (χ1v) is 11.7. The zero-order valence-electron chi connectivity index (χ0n) is 17.2. The van der Waals surface area contributed by atoms with Crippen molar-refractivity contribution in [2.75, 3.05) is 0 Å². The van der Waals surface area contributed by atoms with E-state index in [0.29, 0.717) is 0 Å². The quantitative estimate of drug-likeness (QED) is 0.139. The van der Waals surface area contributed by atoms with Gasteiger partial charge in [-0.25, -0.2) is 4.98 Å². The van der Waals surface area contributed by atoms with Crippen LogP contribution < -0.4 is 0 Å². The molecule has 0 amide bonds. The van der Waals surface area contributed by atoms with Crippen LogP contribution in [0.25, 0.3) is 33.0 Å². The van der Waals surface area contributed by atoms with Crippen molar-refractivity contribution in [2.24, 2.45) is 0 Å². The number of oxazole rings is 1. The Bertz CT molecular complexity index is 1320. The van der Waals surface area contributed by atoms with Crippen LogP contribution in [0.15, 0.2) is 89.3 Å². The average Bonchev–Trinajstić information content (AvgIpc) is 3.27. The number of halogens is 1. The van der Waals surface area contributed by atoms with E-state index in [0.717, 1.165) is 51.0 Å². The first-order chi connectivity index (χ1) is 15.2. The van der Waals surface area contributed by atoms with Crippen LogP contribution in [0, 0.1) is 0 Å². The molecule has 0 aliphatic carbocycles. The number of nitrogens with zero attached hydrogens (tertiary/aromatic N) is 1. The molecule has 0 radical (unpaired) electrons. The van der Waals surface area contributed by atoms with Crippen LogP contribution in [0.3, 0.4) is 0 Å². The summed E-state index contributed by atoms with van der Waals surface area (Å²) in [5, 5.41) is 4.74. The highest BCUT2D eigenvalue weighted by molar-refractivity contribution is 14.1. The summed E-state index contributed by atoms with van der Waals surface area (Å²) >= 11 is 2.33. The van der Waals surface area contributed by atoms with Gasteiger partial charge in [0.2, 0.25) is 5.89 Å². The fourth-order valence-corrected chi connectivity index (χ4v) is 4.09. The molecular formula is C27H22INO2. The van der Waals surface area contributed by atoms with Crippen molar-refractivity contribution < 1.29 is 9.21 Å². The molecule has 5 rings (SSSR count). The topological polar surface area (TPSA) is 43.1 Å². The lowest BCUT2D eigenvalue weighted by Crippen LogP contribution is -1.84. The number of hydrogen-bond donors (Lipinski definition) is 0. The molecular weight excluding hydrogens is 497 g/mol. The van der Waals surface area contributed by atoms with Gasteiger partial charge in [-0.05, 0) is 39.7 Å². The zero-order chi connectivity index (χ0) is 21.6. The molecule has 3 nitrogen and oxygen atoms in total. The van der Waals surface area contributed by atoms with Crippen LogP contribution in [0.5, 0.6) is 0 Å². The second kappa shape index (κ2) is 9.88. The first kappa shape index (κ1) is 21.2. The zero-order valence-corrected chi connectivity index (χ0v) is 19.4. The third-order valence-corrected chi connectivity index (χ3v) is 5.85. The van der Waals surface area contributed by atoms with Crippen molar-refractivity contribution in [1.29, 1.82) is 0 Å². The number of carbonyl (C=O) groups is 1. The van der Waals surface area contributed by atoms with Crippen molar-refractivity contribution in [3.05, 3.63) is 102 Å². The van der Waals surface area contributed by atoms with E-state index in [4.69, 9.17) is 4.42 Å². The van der Waals surface area contributed by atoms with E-state index in [1.54, 1.807) is 0 Å². The fourth-order valence-electron chi connectivity index (χ4n) is 3.49. The van der Waals surface area contributed by atoms with Gasteiger partial charge in [-0.3, -0.25) is 4.79 Å². The van der Waals surface area contributed by atoms with E-state index >= 15 is 0 Å². The highest BCUT2D eigenvalue weighted by Crippen LogP contribution is 2.27. The van der Waals surface area contributed by atoms with Gasteiger partial charge in [0.25, 0.3) is 0 Å². The van der Waals surface area contributed by atoms with E-state index in [1.165, 1.54) is 16.2 Å². The Balaban J connectivity index is 0.000000166. The molecule has 154 valence electrons. The molecule has 4 heteroatoms. The van der Waals surface area contributed by atoms with E-state index in [1.807, 2.05) is 42.5 Å². The van der Waals surface area contributed by atoms with Gasteiger partial charge in [0.1, 0.15) is 12.0 Å². The lowest BCUT2D eigenvalue weighted by Gasteiger charge is -1.99. The number of fused-ring (bicyclic) bond motifs is 2. The summed E-state index contributed by atoms with van der Waals surface area (Å²) in [6.45, 7) is 2.10. The molecule has 0 aliphatic heterocycles. The van der Waals surface area contributed by atoms with Crippen LogP contribution in [-0.2, 0) is 10.8 Å². The summed E-state index contributed by atoms with van der Waals surface area (Å²) < 4.78 is 6.76. The minimum atomic E-state index is 0.730. The van der Waals surface area contributed by atoms with E-state index < -0.39 is 0 Å². The smallest absolute Gasteiger partial charge is 0.226 e. The Labute approximate surface area is 195 Å². The maximum absolute atomic E-state index is 10.5. The molecule has 0 atom stereocenters. The Hall–Kier alpha value is -2.99. The second-order valence-corrected chi connectivity index (χ2v) is 7.93. The molecule has 1 aromatic heterocycles. The maximum atomic E-state index is 10.5. The summed E-state index contributed by atoms with van der Waals surface area (Å²) in [5.74, 6) is 1.73. The van der Waals surface area contributed by atoms with Gasteiger partial charge in [-0.1, -0.05) is 96.2 Å². The lowest BCUT2D eigenvalue weighted by molar-refractivity contribution is 0.112. The molecule has 5 aromatic rings. The predicted octanol–water partition coefficient (Wildman–Crippen LogP) is 7.64. The van der Waals surface area contributed by atoms with Crippen molar-refractivity contribution in [1.82, 2.24) is 4.98 Å². The number of aryl methyl sites for hydroxylation is 1. The fraction of sp³-hybridized carbons (Fsp3) is 0.111. The second-order valence-electron chi connectivity index (χ2n) is 7.16. The standard InChI is InChI=1S/C16H14INO.C11H8O/c1-2-15-14(10-17)18-16(19-15)13-8-7-11-5-3-4-6-12(11)9-13;12-8-9-5-6-10-3-1-2-4-11(10)7-9/h3-9H,2,10H2,1H3;1-8H. The molecule has 0 spiro atoms. The van der Waals surface area contributed by atoms with Crippen LogP contribution in [0.2, 0.25) is 0 Å². The summed E-state index contributed by atoms with van der Waals surface area (Å²) in [4.78, 5) is 15.1. The van der Waals surface area contributed by atoms with E-state index in [2.05, 4.69) is 77.0 Å². The minimum absolute atomic E-state index is 0.730. The Morgan fingerprint density at radius 2 is 1.45 bits per heavy atom. The third kappa shape index (κ3) is 4.85. The Kier molecular flexibility index (Phi) is 6.77. The van der Waals surface area contributed by atoms with E-state index in [-0.39, 0.29) is 0 Å². The molecule has 31 heavy (non-hydrogen) atoms. The van der Waals surface area contributed by atoms with Gasteiger partial charge >= 0.3 is 0 Å². The predicted molar refractivity (Wildman–Crippen MR) is 136 cm³/mol. The van der Waals surface area contributed by atoms with Crippen molar-refractivity contribution >= 4 is 50.4 Å². The molecule has 0 unspecified atom stereocenters. The van der Waals surface area contributed by atoms with Crippen LogP contribution in [0.4, 0.5) is 0 Å².